The molecular weight excluding hydrogens is 242 g/mol. The summed E-state index contributed by atoms with van der Waals surface area (Å²) in [4.78, 5) is 0. The van der Waals surface area contributed by atoms with Crippen molar-refractivity contribution < 1.29 is 4.74 Å². The molecule has 2 nitrogen and oxygen atoms in total. The maximum absolute atomic E-state index is 5.67. The van der Waals surface area contributed by atoms with Crippen LogP contribution in [-0.2, 0) is 0 Å². The zero-order valence-corrected chi connectivity index (χ0v) is 10.4. The van der Waals surface area contributed by atoms with Crippen LogP contribution < -0.4 is 10.5 Å². The third-order valence-corrected chi connectivity index (χ3v) is 3.45. The highest BCUT2D eigenvalue weighted by molar-refractivity contribution is 9.10. The van der Waals surface area contributed by atoms with Gasteiger partial charge in [0.15, 0.2) is 0 Å². The Morgan fingerprint density at radius 2 is 2.14 bits per heavy atom. The maximum Gasteiger partial charge on any atom is 0.123 e. The summed E-state index contributed by atoms with van der Waals surface area (Å²) in [5.41, 5.74) is 8.04. The summed E-state index contributed by atoms with van der Waals surface area (Å²) < 4.78 is 6.42. The Balaban J connectivity index is 3.27. The topological polar surface area (TPSA) is 35.2 Å². The van der Waals surface area contributed by atoms with E-state index in [0.717, 1.165) is 15.8 Å². The average Bonchev–Trinajstić information content (AvgIpc) is 2.20. The minimum Gasteiger partial charge on any atom is -0.496 e. The molecule has 1 rings (SSSR count). The van der Waals surface area contributed by atoms with Crippen LogP contribution in [0.15, 0.2) is 16.6 Å². The number of ether oxygens (including phenoxy) is 1. The summed E-state index contributed by atoms with van der Waals surface area (Å²) in [6.07, 6.45) is 0. The molecule has 2 N–H and O–H groups in total. The maximum atomic E-state index is 5.67. The minimum absolute atomic E-state index is 0.305. The quantitative estimate of drug-likeness (QED) is 0.904. The van der Waals surface area contributed by atoms with Gasteiger partial charge in [-0.2, -0.15) is 0 Å². The Labute approximate surface area is 93.6 Å². The second-order valence-electron chi connectivity index (χ2n) is 3.45. The number of hydrogen-bond acceptors (Lipinski definition) is 2. The largest absolute Gasteiger partial charge is 0.496 e. The molecule has 0 aliphatic heterocycles. The molecule has 0 saturated heterocycles. The SMILES string of the molecule is COc1ccc(C)c(Br)c1C(C)CN. The number of halogens is 1. The van der Waals surface area contributed by atoms with Crippen LogP contribution in [0, 0.1) is 6.92 Å². The molecule has 0 aliphatic rings. The van der Waals surface area contributed by atoms with Gasteiger partial charge in [-0.05, 0) is 31.0 Å². The Kier molecular flexibility index (Phi) is 3.96. The summed E-state index contributed by atoms with van der Waals surface area (Å²) in [5, 5.41) is 0. The second-order valence-corrected chi connectivity index (χ2v) is 4.24. The van der Waals surface area contributed by atoms with Crippen LogP contribution in [-0.4, -0.2) is 13.7 Å². The summed E-state index contributed by atoms with van der Waals surface area (Å²) in [6, 6.07) is 4.03. The summed E-state index contributed by atoms with van der Waals surface area (Å²) in [6.45, 7) is 4.79. The van der Waals surface area contributed by atoms with E-state index in [1.807, 2.05) is 12.1 Å². The van der Waals surface area contributed by atoms with Crippen molar-refractivity contribution in [1.29, 1.82) is 0 Å². The number of nitrogens with two attached hydrogens (primary N) is 1. The van der Waals surface area contributed by atoms with Crippen molar-refractivity contribution >= 4 is 15.9 Å². The van der Waals surface area contributed by atoms with E-state index in [4.69, 9.17) is 10.5 Å². The molecule has 0 amide bonds. The van der Waals surface area contributed by atoms with Gasteiger partial charge in [0.1, 0.15) is 5.75 Å². The molecule has 0 radical (unpaired) electrons. The molecule has 0 fully saturated rings. The minimum atomic E-state index is 0.305. The fourth-order valence-corrected chi connectivity index (χ4v) is 2.16. The first-order valence-corrected chi connectivity index (χ1v) is 5.44. The third kappa shape index (κ3) is 2.10. The summed E-state index contributed by atoms with van der Waals surface area (Å²) >= 11 is 3.58. The fourth-order valence-electron chi connectivity index (χ4n) is 1.44. The molecule has 1 aromatic rings. The van der Waals surface area contributed by atoms with Crippen molar-refractivity contribution in [3.05, 3.63) is 27.7 Å². The molecule has 0 spiro atoms. The van der Waals surface area contributed by atoms with Crippen LogP contribution >= 0.6 is 15.9 Å². The smallest absolute Gasteiger partial charge is 0.123 e. The van der Waals surface area contributed by atoms with Gasteiger partial charge in [0.25, 0.3) is 0 Å². The molecule has 1 atom stereocenters. The van der Waals surface area contributed by atoms with Gasteiger partial charge in [-0.25, -0.2) is 0 Å². The van der Waals surface area contributed by atoms with Crippen molar-refractivity contribution in [2.24, 2.45) is 5.73 Å². The van der Waals surface area contributed by atoms with E-state index in [1.165, 1.54) is 5.56 Å². The van der Waals surface area contributed by atoms with Crippen LogP contribution in [0.5, 0.6) is 5.75 Å². The van der Waals surface area contributed by atoms with Gasteiger partial charge in [0.2, 0.25) is 0 Å². The molecule has 0 saturated carbocycles. The van der Waals surface area contributed by atoms with Crippen molar-refractivity contribution in [2.45, 2.75) is 19.8 Å². The van der Waals surface area contributed by atoms with E-state index in [-0.39, 0.29) is 0 Å². The monoisotopic (exact) mass is 257 g/mol. The van der Waals surface area contributed by atoms with E-state index in [1.54, 1.807) is 7.11 Å². The average molecular weight is 258 g/mol. The lowest BCUT2D eigenvalue weighted by atomic mass is 9.98. The van der Waals surface area contributed by atoms with E-state index in [0.29, 0.717) is 12.5 Å². The van der Waals surface area contributed by atoms with Crippen LogP contribution in [0.4, 0.5) is 0 Å². The Morgan fingerprint density at radius 1 is 1.50 bits per heavy atom. The molecule has 0 aromatic heterocycles. The molecule has 1 aromatic carbocycles. The molecular formula is C11H16BrNO. The van der Waals surface area contributed by atoms with Gasteiger partial charge < -0.3 is 10.5 Å². The molecule has 3 heteroatoms. The molecule has 14 heavy (non-hydrogen) atoms. The first-order valence-electron chi connectivity index (χ1n) is 4.64. The van der Waals surface area contributed by atoms with Crippen LogP contribution in [0.1, 0.15) is 24.0 Å². The molecule has 0 aliphatic carbocycles. The van der Waals surface area contributed by atoms with E-state index < -0.39 is 0 Å². The number of benzene rings is 1. The van der Waals surface area contributed by atoms with E-state index in [9.17, 15) is 0 Å². The van der Waals surface area contributed by atoms with Gasteiger partial charge >= 0.3 is 0 Å². The van der Waals surface area contributed by atoms with Gasteiger partial charge in [-0.1, -0.05) is 28.9 Å². The lowest BCUT2D eigenvalue weighted by molar-refractivity contribution is 0.406. The second kappa shape index (κ2) is 4.80. The third-order valence-electron chi connectivity index (χ3n) is 2.40. The number of hydrogen-bond donors (Lipinski definition) is 1. The zero-order valence-electron chi connectivity index (χ0n) is 8.80. The van der Waals surface area contributed by atoms with Gasteiger partial charge in [-0.3, -0.25) is 0 Å². The highest BCUT2D eigenvalue weighted by Gasteiger charge is 2.15. The Hall–Kier alpha value is -0.540. The number of rotatable bonds is 3. The summed E-state index contributed by atoms with van der Waals surface area (Å²) in [5.74, 6) is 1.21. The molecule has 0 heterocycles. The molecule has 78 valence electrons. The molecule has 1 unspecified atom stereocenters. The zero-order chi connectivity index (χ0) is 10.7. The lowest BCUT2D eigenvalue weighted by Gasteiger charge is -2.17. The Bertz CT molecular complexity index is 325. The Morgan fingerprint density at radius 3 is 2.64 bits per heavy atom. The van der Waals surface area contributed by atoms with Crippen molar-refractivity contribution in [3.8, 4) is 5.75 Å². The highest BCUT2D eigenvalue weighted by Crippen LogP contribution is 2.35. The van der Waals surface area contributed by atoms with Gasteiger partial charge in [0.05, 0.1) is 7.11 Å². The highest BCUT2D eigenvalue weighted by atomic mass is 79.9. The molecule has 0 bridgehead atoms. The fraction of sp³-hybridized carbons (Fsp3) is 0.455. The van der Waals surface area contributed by atoms with Gasteiger partial charge in [-0.15, -0.1) is 0 Å². The van der Waals surface area contributed by atoms with Crippen molar-refractivity contribution in [2.75, 3.05) is 13.7 Å². The first-order chi connectivity index (χ1) is 6.61. The van der Waals surface area contributed by atoms with E-state index >= 15 is 0 Å². The predicted molar refractivity (Wildman–Crippen MR) is 62.9 cm³/mol. The normalized spacial score (nSPS) is 12.6. The lowest BCUT2D eigenvalue weighted by Crippen LogP contribution is -2.11. The standard InChI is InChI=1S/C11H16BrNO/c1-7-4-5-9(14-3)10(11(7)12)8(2)6-13/h4-5,8H,6,13H2,1-3H3. The van der Waals surface area contributed by atoms with E-state index in [2.05, 4.69) is 29.8 Å². The van der Waals surface area contributed by atoms with Crippen LogP contribution in [0.2, 0.25) is 0 Å². The summed E-state index contributed by atoms with van der Waals surface area (Å²) in [7, 11) is 1.68. The number of methoxy groups -OCH3 is 1. The van der Waals surface area contributed by atoms with Crippen LogP contribution in [0.25, 0.3) is 0 Å². The predicted octanol–water partition coefficient (Wildman–Crippen LogP) is 2.83. The van der Waals surface area contributed by atoms with Crippen molar-refractivity contribution in [3.63, 3.8) is 0 Å². The van der Waals surface area contributed by atoms with Gasteiger partial charge in [0, 0.05) is 10.0 Å². The van der Waals surface area contributed by atoms with Crippen LogP contribution in [0.3, 0.4) is 0 Å². The number of aryl methyl sites for hydroxylation is 1. The first kappa shape index (κ1) is 11.5. The van der Waals surface area contributed by atoms with Crippen molar-refractivity contribution in [1.82, 2.24) is 0 Å².